The van der Waals surface area contributed by atoms with Crippen LogP contribution >= 0.6 is 7.75 Å². The van der Waals surface area contributed by atoms with E-state index in [-0.39, 0.29) is 0 Å². The maximum Gasteiger partial charge on any atom is 0.397 e. The molecule has 0 heterocycles. The Morgan fingerprint density at radius 3 is 1.67 bits per heavy atom. The molecule has 0 aromatic carbocycles. The Labute approximate surface area is 54.3 Å². The molecule has 5 nitrogen and oxygen atoms in total. The first kappa shape index (κ1) is 11.8. The van der Waals surface area contributed by atoms with Crippen LogP contribution in [0.25, 0.3) is 0 Å². The Kier molecular flexibility index (Phi) is 8.13. The van der Waals surface area contributed by atoms with Gasteiger partial charge in [-0.15, -0.1) is 0 Å². The fourth-order valence-corrected chi connectivity index (χ4v) is 0. The Morgan fingerprint density at radius 1 is 1.56 bits per heavy atom. The third kappa shape index (κ3) is 260. The Bertz CT molecular complexity index is 80.8. The molecule has 0 unspecified atom stereocenters. The first-order chi connectivity index (χ1) is 3.91. The third-order valence-corrected chi connectivity index (χ3v) is 0.289. The van der Waals surface area contributed by atoms with Crippen LogP contribution in [0.2, 0.25) is 0 Å². The van der Waals surface area contributed by atoms with Gasteiger partial charge in [0.05, 0.1) is 0 Å². The van der Waals surface area contributed by atoms with Crippen molar-refractivity contribution >= 4 is 7.75 Å². The largest absolute Gasteiger partial charge is 0.397 e. The van der Waals surface area contributed by atoms with Crippen molar-refractivity contribution in [3.8, 4) is 0 Å². The minimum Gasteiger partial charge on any atom is -0.330 e. The quantitative estimate of drug-likeness (QED) is 0.379. The Morgan fingerprint density at radius 2 is 1.67 bits per heavy atom. The summed E-state index contributed by atoms with van der Waals surface area (Å²) < 4.78 is 9.10. The zero-order valence-corrected chi connectivity index (χ0v) is 6.21. The third-order valence-electron chi connectivity index (χ3n) is 0.289. The molecular weight excluding hydrogens is 143 g/mol. The van der Waals surface area contributed by atoms with Crippen molar-refractivity contribution in [1.29, 1.82) is 0 Å². The van der Waals surface area contributed by atoms with Crippen molar-refractivity contribution in [2.24, 2.45) is 11.2 Å². The summed E-state index contributed by atoms with van der Waals surface area (Å²) in [4.78, 5) is 14.8. The summed E-state index contributed by atoms with van der Waals surface area (Å²) >= 11 is 0. The lowest BCUT2D eigenvalue weighted by Crippen LogP contribution is -1.93. The summed E-state index contributed by atoms with van der Waals surface area (Å²) in [6.45, 7) is 2.88. The van der Waals surface area contributed by atoms with Gasteiger partial charge in [0.2, 0.25) is 0 Å². The van der Waals surface area contributed by atoms with Crippen LogP contribution < -0.4 is 11.2 Å². The molecule has 0 radical (unpaired) electrons. The fourth-order valence-electron chi connectivity index (χ4n) is 0. The van der Waals surface area contributed by atoms with E-state index in [1.807, 2.05) is 0 Å². The van der Waals surface area contributed by atoms with Crippen molar-refractivity contribution in [3.63, 3.8) is 0 Å². The average molecular weight is 156 g/mol. The van der Waals surface area contributed by atoms with Crippen LogP contribution in [0.15, 0.2) is 0 Å². The number of hydrogen-bond acceptors (Lipinski definition) is 2. The van der Waals surface area contributed by atoms with Crippen molar-refractivity contribution in [3.05, 3.63) is 0 Å². The summed E-state index contributed by atoms with van der Waals surface area (Å²) in [7, 11) is -4.14. The second-order valence-electron chi connectivity index (χ2n) is 1.38. The number of hydrogen-bond donors (Lipinski definition) is 4. The smallest absolute Gasteiger partial charge is 0.330 e. The van der Waals surface area contributed by atoms with Crippen LogP contribution in [-0.4, -0.2) is 16.3 Å². The lowest BCUT2D eigenvalue weighted by molar-refractivity contribution is 0.374. The molecule has 0 fully saturated rings. The highest BCUT2D eigenvalue weighted by Crippen LogP contribution is 2.20. The lowest BCUT2D eigenvalue weighted by Gasteiger charge is -1.84. The molecule has 0 bridgehead atoms. The predicted molar refractivity (Wildman–Crippen MR) is 35.6 cm³/mol. The lowest BCUT2D eigenvalue weighted by atomic mass is 10.5. The van der Waals surface area contributed by atoms with Gasteiger partial charge in [-0.2, -0.15) is 0 Å². The fraction of sp³-hybridized carbons (Fsp3) is 1.00. The topological polar surface area (TPSA) is 110 Å². The molecule has 0 atom stereocenters. The SMILES string of the molecule is CCCN.NP(=O)(O)O. The molecule has 58 valence electrons. The normalized spacial score (nSPS) is 9.89. The molecule has 0 spiro atoms. The minimum atomic E-state index is -4.14. The van der Waals surface area contributed by atoms with Crippen molar-refractivity contribution in [2.45, 2.75) is 13.3 Å². The van der Waals surface area contributed by atoms with E-state index in [2.05, 4.69) is 12.4 Å². The van der Waals surface area contributed by atoms with E-state index in [1.54, 1.807) is 0 Å². The standard InChI is InChI=1S/C3H9N.H4NO3P/c1-2-3-4;1-5(2,3)4/h2-4H2,1H3;(H4,1,2,3,4). The summed E-state index contributed by atoms with van der Waals surface area (Å²) in [6.07, 6.45) is 1.10. The number of rotatable bonds is 1. The molecule has 0 saturated heterocycles. The highest BCUT2D eigenvalue weighted by Gasteiger charge is 1.96. The second-order valence-corrected chi connectivity index (χ2v) is 2.56. The Balaban J connectivity index is 0. The highest BCUT2D eigenvalue weighted by atomic mass is 31.2. The molecule has 6 N–H and O–H groups in total. The van der Waals surface area contributed by atoms with Gasteiger partial charge in [0.15, 0.2) is 0 Å². The van der Waals surface area contributed by atoms with Crippen molar-refractivity contribution in [1.82, 2.24) is 0 Å². The number of nitrogens with two attached hydrogens (primary N) is 2. The van der Waals surface area contributed by atoms with Crippen LogP contribution in [0.5, 0.6) is 0 Å². The summed E-state index contributed by atoms with van der Waals surface area (Å²) in [5, 5.41) is 0. The van der Waals surface area contributed by atoms with E-state index in [4.69, 9.17) is 20.1 Å². The van der Waals surface area contributed by atoms with E-state index in [9.17, 15) is 0 Å². The molecule has 0 amide bonds. The molecule has 6 heteroatoms. The highest BCUT2D eigenvalue weighted by molar-refractivity contribution is 7.49. The minimum absolute atomic E-state index is 0.819. The summed E-state index contributed by atoms with van der Waals surface area (Å²) in [6, 6.07) is 0. The van der Waals surface area contributed by atoms with E-state index in [0.29, 0.717) is 0 Å². The summed E-state index contributed by atoms with van der Waals surface area (Å²) in [5.41, 5.74) is 9.05. The zero-order chi connectivity index (χ0) is 7.91. The van der Waals surface area contributed by atoms with E-state index in [1.165, 1.54) is 0 Å². The van der Waals surface area contributed by atoms with Crippen molar-refractivity contribution < 1.29 is 14.4 Å². The monoisotopic (exact) mass is 156 g/mol. The first-order valence-electron chi connectivity index (χ1n) is 2.46. The van der Waals surface area contributed by atoms with Crippen LogP contribution in [-0.2, 0) is 4.57 Å². The van der Waals surface area contributed by atoms with Crippen LogP contribution in [0.1, 0.15) is 13.3 Å². The molecule has 0 aliphatic rings. The van der Waals surface area contributed by atoms with E-state index in [0.717, 1.165) is 13.0 Å². The van der Waals surface area contributed by atoms with Crippen LogP contribution in [0.4, 0.5) is 0 Å². The molecule has 9 heavy (non-hydrogen) atoms. The predicted octanol–water partition coefficient (Wildman–Crippen LogP) is -0.607. The Hall–Kier alpha value is 0.0700. The van der Waals surface area contributed by atoms with Gasteiger partial charge >= 0.3 is 7.75 Å². The van der Waals surface area contributed by atoms with Gasteiger partial charge < -0.3 is 15.5 Å². The maximum absolute atomic E-state index is 9.10. The van der Waals surface area contributed by atoms with E-state index >= 15 is 0 Å². The average Bonchev–Trinajstić information content (AvgIpc) is 1.61. The maximum atomic E-state index is 9.10. The van der Waals surface area contributed by atoms with Gasteiger partial charge in [-0.1, -0.05) is 6.92 Å². The molecule has 0 aliphatic heterocycles. The summed E-state index contributed by atoms with van der Waals surface area (Å²) in [5.74, 6) is 0. The first-order valence-corrected chi connectivity index (χ1v) is 4.14. The van der Waals surface area contributed by atoms with Gasteiger partial charge in [-0.05, 0) is 13.0 Å². The van der Waals surface area contributed by atoms with Gasteiger partial charge in [0, 0.05) is 0 Å². The molecule has 0 aromatic rings. The zero-order valence-electron chi connectivity index (χ0n) is 5.32. The van der Waals surface area contributed by atoms with Gasteiger partial charge in [0.25, 0.3) is 0 Å². The second kappa shape index (κ2) is 6.19. The molecule has 0 aromatic heterocycles. The molecule has 0 rings (SSSR count). The van der Waals surface area contributed by atoms with Gasteiger partial charge in [-0.25, -0.2) is 10.1 Å². The van der Waals surface area contributed by atoms with Gasteiger partial charge in [0.1, 0.15) is 0 Å². The molecular formula is C3H13N2O3P. The van der Waals surface area contributed by atoms with Crippen molar-refractivity contribution in [2.75, 3.05) is 6.54 Å². The van der Waals surface area contributed by atoms with Crippen LogP contribution in [0.3, 0.4) is 0 Å². The van der Waals surface area contributed by atoms with Crippen LogP contribution in [0, 0.1) is 0 Å². The van der Waals surface area contributed by atoms with Gasteiger partial charge in [-0.3, -0.25) is 0 Å². The molecule has 0 aliphatic carbocycles. The molecule has 0 saturated carbocycles. The van der Waals surface area contributed by atoms with E-state index < -0.39 is 7.75 Å².